The lowest BCUT2D eigenvalue weighted by Gasteiger charge is -2.44. The van der Waals surface area contributed by atoms with Crippen molar-refractivity contribution in [2.75, 3.05) is 26.2 Å². The molecule has 7 rings (SSSR count). The number of hydrogen-bond donors (Lipinski definition) is 0. The number of amides is 1. The standard InChI is InChI=1S/C37H46N4O3/c1-26-10-12-28(13-11-26)33-9-5-7-31(43-33)14-15-32-27(2)35(39-25-38-32)36(42)41-20-16-30(17-21-41)40-22-18-37(19-23-40)24-29-6-3-4-8-34(29)44-37/h3-4,6,8,10-13,25,30-31,33H,5,7,9,14-24H2,1-2H3/t31-,33+/m1/s1. The Morgan fingerprint density at radius 3 is 2.48 bits per heavy atom. The van der Waals surface area contributed by atoms with Crippen LogP contribution in [-0.2, 0) is 17.6 Å². The SMILES string of the molecule is Cc1ccc([C@@H]2CCC[C@H](CCc3ncnc(C(=O)N4CCC(N5CCC6(CC5)Cc5ccccc5O6)CC4)c3C)O2)cc1. The van der Waals surface area contributed by atoms with E-state index in [-0.39, 0.29) is 23.7 Å². The molecule has 5 heterocycles. The molecular weight excluding hydrogens is 548 g/mol. The number of piperidine rings is 2. The molecule has 7 heteroatoms. The fraction of sp³-hybridized carbons (Fsp3) is 0.541. The number of nitrogens with zero attached hydrogens (tertiary/aromatic N) is 4. The van der Waals surface area contributed by atoms with Gasteiger partial charge in [-0.15, -0.1) is 0 Å². The van der Waals surface area contributed by atoms with Crippen LogP contribution >= 0.6 is 0 Å². The molecular formula is C37H46N4O3. The first kappa shape index (κ1) is 29.4. The van der Waals surface area contributed by atoms with E-state index in [2.05, 4.69) is 70.3 Å². The summed E-state index contributed by atoms with van der Waals surface area (Å²) in [5.74, 6) is 1.12. The molecule has 1 spiro atoms. The fourth-order valence-corrected chi connectivity index (χ4v) is 7.92. The third-order valence-corrected chi connectivity index (χ3v) is 10.7. The van der Waals surface area contributed by atoms with Crippen LogP contribution in [0.5, 0.6) is 5.75 Å². The monoisotopic (exact) mass is 594 g/mol. The van der Waals surface area contributed by atoms with Gasteiger partial charge in [0, 0.05) is 62.7 Å². The highest BCUT2D eigenvalue weighted by Crippen LogP contribution is 2.41. The second-order valence-corrected chi connectivity index (χ2v) is 13.5. The third-order valence-electron chi connectivity index (χ3n) is 10.7. The molecule has 1 aromatic heterocycles. The number of fused-ring (bicyclic) bond motifs is 1. The van der Waals surface area contributed by atoms with Gasteiger partial charge in [0.05, 0.1) is 12.2 Å². The molecule has 0 aliphatic carbocycles. The van der Waals surface area contributed by atoms with Crippen molar-refractivity contribution in [3.8, 4) is 5.75 Å². The zero-order valence-electron chi connectivity index (χ0n) is 26.3. The molecule has 0 radical (unpaired) electrons. The predicted octanol–water partition coefficient (Wildman–Crippen LogP) is 6.41. The Kier molecular flexibility index (Phi) is 8.43. The van der Waals surface area contributed by atoms with Gasteiger partial charge in [-0.2, -0.15) is 0 Å². The molecule has 2 aromatic carbocycles. The molecule has 0 unspecified atom stereocenters. The first-order chi connectivity index (χ1) is 21.5. The molecule has 44 heavy (non-hydrogen) atoms. The van der Waals surface area contributed by atoms with Crippen LogP contribution in [0.2, 0.25) is 0 Å². The van der Waals surface area contributed by atoms with Crippen LogP contribution in [0.25, 0.3) is 0 Å². The zero-order chi connectivity index (χ0) is 30.1. The zero-order valence-corrected chi connectivity index (χ0v) is 26.3. The highest BCUT2D eigenvalue weighted by Gasteiger charge is 2.43. The molecule has 3 fully saturated rings. The first-order valence-corrected chi connectivity index (χ1v) is 16.8. The average Bonchev–Trinajstić information content (AvgIpc) is 3.42. The number of carbonyl (C=O) groups is 1. The minimum absolute atomic E-state index is 0.0228. The molecule has 2 atom stereocenters. The highest BCUT2D eigenvalue weighted by molar-refractivity contribution is 5.93. The van der Waals surface area contributed by atoms with Crippen LogP contribution in [-0.4, -0.2) is 69.6 Å². The maximum atomic E-state index is 13.6. The van der Waals surface area contributed by atoms with Crippen molar-refractivity contribution in [2.45, 2.75) is 102 Å². The Morgan fingerprint density at radius 1 is 0.932 bits per heavy atom. The molecule has 3 saturated heterocycles. The van der Waals surface area contributed by atoms with Crippen LogP contribution < -0.4 is 4.74 Å². The van der Waals surface area contributed by atoms with Gasteiger partial charge in [0.2, 0.25) is 0 Å². The van der Waals surface area contributed by atoms with Crippen molar-refractivity contribution in [1.29, 1.82) is 0 Å². The Morgan fingerprint density at radius 2 is 1.70 bits per heavy atom. The van der Waals surface area contributed by atoms with Crippen LogP contribution in [0, 0.1) is 13.8 Å². The minimum atomic E-state index is -0.0228. The fourth-order valence-electron chi connectivity index (χ4n) is 7.92. The van der Waals surface area contributed by atoms with Crippen LogP contribution in [0.15, 0.2) is 54.9 Å². The quantitative estimate of drug-likeness (QED) is 0.329. The summed E-state index contributed by atoms with van der Waals surface area (Å²) >= 11 is 0. The lowest BCUT2D eigenvalue weighted by atomic mass is 9.86. The van der Waals surface area contributed by atoms with Gasteiger partial charge in [0.1, 0.15) is 23.4 Å². The number of aryl methyl sites for hydroxylation is 2. The lowest BCUT2D eigenvalue weighted by Crippen LogP contribution is -2.53. The molecule has 0 saturated carbocycles. The number of likely N-dealkylation sites (tertiary alicyclic amines) is 2. The van der Waals surface area contributed by atoms with Gasteiger partial charge in [0.25, 0.3) is 5.91 Å². The number of aromatic nitrogens is 2. The van der Waals surface area contributed by atoms with Crippen LogP contribution in [0.1, 0.15) is 95.9 Å². The summed E-state index contributed by atoms with van der Waals surface area (Å²) in [4.78, 5) is 27.4. The second-order valence-electron chi connectivity index (χ2n) is 13.5. The summed E-state index contributed by atoms with van der Waals surface area (Å²) in [5.41, 5.74) is 6.33. The first-order valence-electron chi connectivity index (χ1n) is 16.8. The van der Waals surface area contributed by atoms with E-state index in [9.17, 15) is 4.79 Å². The Labute approximate surface area is 262 Å². The molecule has 7 nitrogen and oxygen atoms in total. The van der Waals surface area contributed by atoms with E-state index in [4.69, 9.17) is 9.47 Å². The van der Waals surface area contributed by atoms with E-state index in [0.717, 1.165) is 101 Å². The second kappa shape index (κ2) is 12.6. The van der Waals surface area contributed by atoms with E-state index in [1.165, 1.54) is 23.1 Å². The summed E-state index contributed by atoms with van der Waals surface area (Å²) in [5, 5.41) is 0. The summed E-state index contributed by atoms with van der Waals surface area (Å²) in [6.07, 6.45) is 12.2. The number of benzene rings is 2. The molecule has 4 aliphatic heterocycles. The smallest absolute Gasteiger partial charge is 0.272 e. The van der Waals surface area contributed by atoms with E-state index >= 15 is 0 Å². The molecule has 3 aromatic rings. The van der Waals surface area contributed by atoms with Crippen molar-refractivity contribution in [3.05, 3.63) is 88.5 Å². The Balaban J connectivity index is 0.901. The number of ether oxygens (including phenoxy) is 2. The molecule has 232 valence electrons. The highest BCUT2D eigenvalue weighted by atomic mass is 16.5. The predicted molar refractivity (Wildman–Crippen MR) is 171 cm³/mol. The summed E-state index contributed by atoms with van der Waals surface area (Å²) in [7, 11) is 0. The maximum absolute atomic E-state index is 13.6. The normalized spacial score (nSPS) is 23.8. The third kappa shape index (κ3) is 6.14. The summed E-state index contributed by atoms with van der Waals surface area (Å²) in [6.45, 7) is 7.83. The average molecular weight is 595 g/mol. The van der Waals surface area contributed by atoms with Crippen LogP contribution in [0.3, 0.4) is 0 Å². The topological polar surface area (TPSA) is 67.8 Å². The van der Waals surface area contributed by atoms with E-state index in [1.807, 2.05) is 11.8 Å². The molecule has 0 N–H and O–H groups in total. The number of rotatable bonds is 6. The number of hydrogen-bond acceptors (Lipinski definition) is 6. The molecule has 0 bridgehead atoms. The van der Waals surface area contributed by atoms with Gasteiger partial charge in [-0.25, -0.2) is 9.97 Å². The number of carbonyl (C=O) groups excluding carboxylic acids is 1. The van der Waals surface area contributed by atoms with Crippen molar-refractivity contribution in [2.24, 2.45) is 0 Å². The van der Waals surface area contributed by atoms with E-state index in [1.54, 1.807) is 6.33 Å². The maximum Gasteiger partial charge on any atom is 0.272 e. The van der Waals surface area contributed by atoms with Gasteiger partial charge in [-0.05, 0) is 76.0 Å². The minimum Gasteiger partial charge on any atom is -0.487 e. The van der Waals surface area contributed by atoms with Gasteiger partial charge in [0.15, 0.2) is 0 Å². The van der Waals surface area contributed by atoms with Crippen molar-refractivity contribution < 1.29 is 14.3 Å². The van der Waals surface area contributed by atoms with Crippen molar-refractivity contribution >= 4 is 5.91 Å². The van der Waals surface area contributed by atoms with E-state index in [0.29, 0.717) is 11.7 Å². The van der Waals surface area contributed by atoms with Gasteiger partial charge in [-0.1, -0.05) is 48.0 Å². The molecule has 1 amide bonds. The van der Waals surface area contributed by atoms with Gasteiger partial charge in [-0.3, -0.25) is 9.69 Å². The number of para-hydroxylation sites is 1. The van der Waals surface area contributed by atoms with Gasteiger partial charge >= 0.3 is 0 Å². The van der Waals surface area contributed by atoms with Crippen molar-refractivity contribution in [3.63, 3.8) is 0 Å². The summed E-state index contributed by atoms with van der Waals surface area (Å²) in [6, 6.07) is 17.8. The van der Waals surface area contributed by atoms with Gasteiger partial charge < -0.3 is 14.4 Å². The van der Waals surface area contributed by atoms with Crippen molar-refractivity contribution in [1.82, 2.24) is 19.8 Å². The van der Waals surface area contributed by atoms with Crippen LogP contribution in [0.4, 0.5) is 0 Å². The molecule has 4 aliphatic rings. The van der Waals surface area contributed by atoms with E-state index < -0.39 is 0 Å². The lowest BCUT2D eigenvalue weighted by molar-refractivity contribution is -0.0547. The largest absolute Gasteiger partial charge is 0.487 e. The Hall–Kier alpha value is -3.29. The Bertz CT molecular complexity index is 1430. The summed E-state index contributed by atoms with van der Waals surface area (Å²) < 4.78 is 13.0.